The van der Waals surface area contributed by atoms with Crippen LogP contribution in [-0.4, -0.2) is 20.0 Å². The Bertz CT molecular complexity index is 966. The largest absolute Gasteiger partial charge is 0.493 e. The van der Waals surface area contributed by atoms with E-state index in [2.05, 4.69) is 9.71 Å². The fourth-order valence-corrected chi connectivity index (χ4v) is 4.29. The lowest BCUT2D eigenvalue weighted by Crippen LogP contribution is -2.30. The van der Waals surface area contributed by atoms with Crippen LogP contribution in [0.15, 0.2) is 77.8 Å². The molecule has 1 aromatic heterocycles. The summed E-state index contributed by atoms with van der Waals surface area (Å²) >= 11 is 0. The van der Waals surface area contributed by atoms with Gasteiger partial charge in [-0.15, -0.1) is 0 Å². The van der Waals surface area contributed by atoms with Crippen molar-refractivity contribution in [1.29, 1.82) is 0 Å². The number of rotatable bonds is 5. The van der Waals surface area contributed by atoms with Crippen LogP contribution in [0.25, 0.3) is 0 Å². The fraction of sp³-hybridized carbons (Fsp3) is 0.150. The highest BCUT2D eigenvalue weighted by Gasteiger charge is 2.25. The van der Waals surface area contributed by atoms with Crippen LogP contribution in [0.2, 0.25) is 0 Å². The second-order valence-electron chi connectivity index (χ2n) is 6.09. The molecule has 1 aliphatic rings. The maximum Gasteiger partial charge on any atom is 0.241 e. The van der Waals surface area contributed by atoms with Crippen molar-refractivity contribution >= 4 is 10.0 Å². The first-order valence-corrected chi connectivity index (χ1v) is 9.86. The molecule has 4 rings (SSSR count). The summed E-state index contributed by atoms with van der Waals surface area (Å²) in [5, 5.41) is 0. The summed E-state index contributed by atoms with van der Waals surface area (Å²) in [5.41, 5.74) is 2.40. The van der Waals surface area contributed by atoms with Gasteiger partial charge in [0.1, 0.15) is 5.75 Å². The van der Waals surface area contributed by atoms with Crippen LogP contribution in [0, 0.1) is 0 Å². The van der Waals surface area contributed by atoms with Crippen molar-refractivity contribution in [2.75, 3.05) is 6.61 Å². The van der Waals surface area contributed by atoms with E-state index in [1.165, 1.54) is 0 Å². The lowest BCUT2D eigenvalue weighted by atomic mass is 10.0. The van der Waals surface area contributed by atoms with E-state index in [9.17, 15) is 8.42 Å². The molecule has 132 valence electrons. The van der Waals surface area contributed by atoms with E-state index in [1.807, 2.05) is 42.5 Å². The number of ether oxygens (including phenoxy) is 1. The molecular weight excluding hydrogens is 348 g/mol. The van der Waals surface area contributed by atoms with Gasteiger partial charge in [0, 0.05) is 12.6 Å². The van der Waals surface area contributed by atoms with Gasteiger partial charge in [0.2, 0.25) is 10.0 Å². The zero-order chi connectivity index (χ0) is 18.0. The minimum Gasteiger partial charge on any atom is -0.493 e. The van der Waals surface area contributed by atoms with Crippen LogP contribution in [0.1, 0.15) is 22.9 Å². The average Bonchev–Trinajstić information content (AvgIpc) is 3.15. The third kappa shape index (κ3) is 3.34. The summed E-state index contributed by atoms with van der Waals surface area (Å²) in [7, 11) is -3.72. The molecule has 0 saturated heterocycles. The second-order valence-corrected chi connectivity index (χ2v) is 7.80. The summed E-state index contributed by atoms with van der Waals surface area (Å²) in [6.07, 6.45) is 2.38. The molecule has 0 amide bonds. The zero-order valence-corrected chi connectivity index (χ0v) is 14.8. The number of hydrogen-bond donors (Lipinski definition) is 1. The number of pyridine rings is 1. The van der Waals surface area contributed by atoms with Gasteiger partial charge in [-0.2, -0.15) is 4.72 Å². The van der Waals surface area contributed by atoms with Crippen molar-refractivity contribution in [2.45, 2.75) is 17.4 Å². The Labute approximate surface area is 152 Å². The van der Waals surface area contributed by atoms with Gasteiger partial charge in [0.05, 0.1) is 23.2 Å². The van der Waals surface area contributed by atoms with E-state index in [1.54, 1.807) is 30.5 Å². The second kappa shape index (κ2) is 6.90. The van der Waals surface area contributed by atoms with Gasteiger partial charge in [0.25, 0.3) is 0 Å². The fourth-order valence-electron chi connectivity index (χ4n) is 3.04. The first-order valence-electron chi connectivity index (χ1n) is 8.37. The van der Waals surface area contributed by atoms with Gasteiger partial charge in [-0.05, 0) is 41.5 Å². The molecule has 1 N–H and O–H groups in total. The molecule has 26 heavy (non-hydrogen) atoms. The number of benzene rings is 2. The summed E-state index contributed by atoms with van der Waals surface area (Å²) < 4.78 is 34.3. The Hall–Kier alpha value is -2.70. The minimum atomic E-state index is -3.72. The normalized spacial score (nSPS) is 14.5. The minimum absolute atomic E-state index is 0.235. The molecule has 3 aromatic rings. The first kappa shape index (κ1) is 16.8. The van der Waals surface area contributed by atoms with Crippen LogP contribution < -0.4 is 9.46 Å². The van der Waals surface area contributed by atoms with E-state index < -0.39 is 16.1 Å². The SMILES string of the molecule is O=S(=O)(NC(c1ccccc1)c1ccccn1)c1ccc2c(c1)CCO2. The molecule has 0 aliphatic carbocycles. The molecule has 0 saturated carbocycles. The number of sulfonamides is 1. The topological polar surface area (TPSA) is 68.3 Å². The lowest BCUT2D eigenvalue weighted by molar-refractivity contribution is 0.356. The number of nitrogens with one attached hydrogen (secondary N) is 1. The molecule has 2 heterocycles. The predicted octanol–water partition coefficient (Wildman–Crippen LogP) is 3.08. The van der Waals surface area contributed by atoms with Crippen molar-refractivity contribution in [2.24, 2.45) is 0 Å². The molecule has 5 nitrogen and oxygen atoms in total. The summed E-state index contributed by atoms with van der Waals surface area (Å²) in [4.78, 5) is 4.58. The predicted molar refractivity (Wildman–Crippen MR) is 98.5 cm³/mol. The van der Waals surface area contributed by atoms with Crippen molar-refractivity contribution in [1.82, 2.24) is 9.71 Å². The monoisotopic (exact) mass is 366 g/mol. The first-order chi connectivity index (χ1) is 12.6. The maximum atomic E-state index is 13.0. The van der Waals surface area contributed by atoms with Gasteiger partial charge in [-0.25, -0.2) is 8.42 Å². The van der Waals surface area contributed by atoms with Crippen molar-refractivity contribution < 1.29 is 13.2 Å². The van der Waals surface area contributed by atoms with Crippen LogP contribution in [0.5, 0.6) is 5.75 Å². The Morgan fingerprint density at radius 2 is 1.81 bits per heavy atom. The number of aromatic nitrogens is 1. The standard InChI is InChI=1S/C20H18N2O3S/c23-26(24,17-9-10-19-16(14-17)11-13-25-19)22-20(15-6-2-1-3-7-15)18-8-4-5-12-21-18/h1-10,12,14,20,22H,11,13H2. The van der Waals surface area contributed by atoms with Gasteiger partial charge in [0.15, 0.2) is 0 Å². The van der Waals surface area contributed by atoms with Crippen molar-refractivity contribution in [3.63, 3.8) is 0 Å². The Kier molecular flexibility index (Phi) is 4.44. The van der Waals surface area contributed by atoms with Gasteiger partial charge in [-0.3, -0.25) is 4.98 Å². The molecule has 0 fully saturated rings. The molecule has 0 radical (unpaired) electrons. The highest BCUT2D eigenvalue weighted by atomic mass is 32.2. The highest BCUT2D eigenvalue weighted by molar-refractivity contribution is 7.89. The number of fused-ring (bicyclic) bond motifs is 1. The van der Waals surface area contributed by atoms with Gasteiger partial charge >= 0.3 is 0 Å². The summed E-state index contributed by atoms with van der Waals surface area (Å²) in [6, 6.07) is 19.3. The van der Waals surface area contributed by atoms with Gasteiger partial charge in [-0.1, -0.05) is 36.4 Å². The molecule has 2 aromatic carbocycles. The van der Waals surface area contributed by atoms with E-state index in [0.29, 0.717) is 12.3 Å². The lowest BCUT2D eigenvalue weighted by Gasteiger charge is -2.19. The molecule has 6 heteroatoms. The van der Waals surface area contributed by atoms with Crippen LogP contribution in [0.3, 0.4) is 0 Å². The van der Waals surface area contributed by atoms with Crippen molar-refractivity contribution in [3.05, 3.63) is 89.7 Å². The summed E-state index contributed by atoms with van der Waals surface area (Å²) in [6.45, 7) is 0.590. The van der Waals surface area contributed by atoms with Gasteiger partial charge < -0.3 is 4.74 Å². The maximum absolute atomic E-state index is 13.0. The van der Waals surface area contributed by atoms with E-state index in [0.717, 1.165) is 23.3 Å². The Balaban J connectivity index is 1.71. The number of hydrogen-bond acceptors (Lipinski definition) is 4. The quantitative estimate of drug-likeness (QED) is 0.753. The zero-order valence-electron chi connectivity index (χ0n) is 14.0. The molecule has 1 aliphatic heterocycles. The van der Waals surface area contributed by atoms with E-state index in [4.69, 9.17) is 4.74 Å². The Morgan fingerprint density at radius 1 is 1.00 bits per heavy atom. The third-order valence-electron chi connectivity index (χ3n) is 4.36. The number of nitrogens with zero attached hydrogens (tertiary/aromatic N) is 1. The highest BCUT2D eigenvalue weighted by Crippen LogP contribution is 2.29. The molecular formula is C20H18N2O3S. The van der Waals surface area contributed by atoms with Crippen LogP contribution in [0.4, 0.5) is 0 Å². The molecule has 0 bridgehead atoms. The Morgan fingerprint density at radius 3 is 2.58 bits per heavy atom. The smallest absolute Gasteiger partial charge is 0.241 e. The van der Waals surface area contributed by atoms with Crippen molar-refractivity contribution in [3.8, 4) is 5.75 Å². The molecule has 0 spiro atoms. The summed E-state index contributed by atoms with van der Waals surface area (Å²) in [5.74, 6) is 0.758. The molecule has 1 atom stereocenters. The van der Waals surface area contributed by atoms with Crippen LogP contribution >= 0.6 is 0 Å². The average molecular weight is 366 g/mol. The van der Waals surface area contributed by atoms with E-state index in [-0.39, 0.29) is 4.90 Å². The van der Waals surface area contributed by atoms with E-state index >= 15 is 0 Å². The van der Waals surface area contributed by atoms with Crippen LogP contribution in [-0.2, 0) is 16.4 Å². The molecule has 1 unspecified atom stereocenters. The third-order valence-corrected chi connectivity index (χ3v) is 5.78.